The predicted molar refractivity (Wildman–Crippen MR) is 108 cm³/mol. The number of nitrogens with one attached hydrogen (secondary N) is 2. The van der Waals surface area contributed by atoms with Crippen molar-refractivity contribution in [3.8, 4) is 11.5 Å². The maximum atomic E-state index is 12.3. The minimum Gasteiger partial charge on any atom is -0.457 e. The van der Waals surface area contributed by atoms with Crippen LogP contribution in [0.5, 0.6) is 11.5 Å². The standard InChI is InChI=1S/C19H17N3O2S2/c1-12-17(26-13(2)20-12)18(23)22-19(25)21-14-7-6-10-16(11-14)24-15-8-4-3-5-9-15/h3-11H,1-2H3,(H2,21,22,23,25). The minimum atomic E-state index is -0.262. The zero-order valence-electron chi connectivity index (χ0n) is 14.3. The summed E-state index contributed by atoms with van der Waals surface area (Å²) in [4.78, 5) is 17.1. The van der Waals surface area contributed by atoms with Crippen molar-refractivity contribution >= 4 is 40.3 Å². The van der Waals surface area contributed by atoms with E-state index in [4.69, 9.17) is 17.0 Å². The van der Waals surface area contributed by atoms with Crippen molar-refractivity contribution in [3.05, 3.63) is 70.2 Å². The van der Waals surface area contributed by atoms with Gasteiger partial charge in [0.15, 0.2) is 5.11 Å². The summed E-state index contributed by atoms with van der Waals surface area (Å²) >= 11 is 6.58. The van der Waals surface area contributed by atoms with Crippen LogP contribution in [-0.4, -0.2) is 16.0 Å². The normalized spacial score (nSPS) is 10.2. The van der Waals surface area contributed by atoms with E-state index in [1.165, 1.54) is 11.3 Å². The number of carbonyl (C=O) groups excluding carboxylic acids is 1. The molecule has 5 nitrogen and oxygen atoms in total. The number of thiazole rings is 1. The molecule has 0 saturated carbocycles. The number of para-hydroxylation sites is 1. The number of thiocarbonyl (C=S) groups is 1. The summed E-state index contributed by atoms with van der Waals surface area (Å²) in [7, 11) is 0. The van der Waals surface area contributed by atoms with Crippen LogP contribution in [0.15, 0.2) is 54.6 Å². The number of aromatic nitrogens is 1. The second kappa shape index (κ2) is 8.07. The van der Waals surface area contributed by atoms with E-state index < -0.39 is 0 Å². The first-order chi connectivity index (χ1) is 12.5. The van der Waals surface area contributed by atoms with Crippen molar-refractivity contribution < 1.29 is 9.53 Å². The maximum absolute atomic E-state index is 12.3. The highest BCUT2D eigenvalue weighted by Crippen LogP contribution is 2.24. The number of nitrogens with zero attached hydrogens (tertiary/aromatic N) is 1. The second-order valence-corrected chi connectivity index (χ2v) is 7.11. The van der Waals surface area contributed by atoms with E-state index in [2.05, 4.69) is 15.6 Å². The molecule has 3 rings (SSSR count). The van der Waals surface area contributed by atoms with Crippen molar-refractivity contribution in [1.82, 2.24) is 10.3 Å². The van der Waals surface area contributed by atoms with Gasteiger partial charge in [-0.3, -0.25) is 10.1 Å². The van der Waals surface area contributed by atoms with E-state index in [1.807, 2.05) is 61.5 Å². The molecule has 3 aromatic rings. The van der Waals surface area contributed by atoms with Crippen molar-refractivity contribution in [2.45, 2.75) is 13.8 Å². The van der Waals surface area contributed by atoms with E-state index in [0.717, 1.165) is 16.4 Å². The summed E-state index contributed by atoms with van der Waals surface area (Å²) in [6.07, 6.45) is 0. The molecule has 1 aromatic heterocycles. The van der Waals surface area contributed by atoms with E-state index in [1.54, 1.807) is 6.92 Å². The van der Waals surface area contributed by atoms with Gasteiger partial charge in [0.2, 0.25) is 0 Å². The summed E-state index contributed by atoms with van der Waals surface area (Å²) in [5, 5.41) is 6.74. The van der Waals surface area contributed by atoms with Gasteiger partial charge < -0.3 is 10.1 Å². The first kappa shape index (κ1) is 18.0. The lowest BCUT2D eigenvalue weighted by Gasteiger charge is -2.11. The maximum Gasteiger partial charge on any atom is 0.269 e. The molecule has 2 aromatic carbocycles. The third-order valence-electron chi connectivity index (χ3n) is 3.41. The molecule has 0 spiro atoms. The van der Waals surface area contributed by atoms with Crippen molar-refractivity contribution in [2.24, 2.45) is 0 Å². The lowest BCUT2D eigenvalue weighted by molar-refractivity contribution is 0.0981. The summed E-state index contributed by atoms with van der Waals surface area (Å²) in [5.41, 5.74) is 1.42. The molecular formula is C19H17N3O2S2. The van der Waals surface area contributed by atoms with Crippen LogP contribution in [0.1, 0.15) is 20.4 Å². The van der Waals surface area contributed by atoms with Gasteiger partial charge in [0.1, 0.15) is 16.4 Å². The molecule has 0 radical (unpaired) electrons. The Morgan fingerprint density at radius 2 is 1.81 bits per heavy atom. The Bertz CT molecular complexity index is 939. The fraction of sp³-hybridized carbons (Fsp3) is 0.105. The molecule has 0 saturated heterocycles. The molecule has 0 unspecified atom stereocenters. The monoisotopic (exact) mass is 383 g/mol. The highest BCUT2D eigenvalue weighted by atomic mass is 32.1. The minimum absolute atomic E-state index is 0.220. The predicted octanol–water partition coefficient (Wildman–Crippen LogP) is 4.68. The second-order valence-electron chi connectivity index (χ2n) is 5.50. The number of hydrogen-bond donors (Lipinski definition) is 2. The van der Waals surface area contributed by atoms with Gasteiger partial charge >= 0.3 is 0 Å². The SMILES string of the molecule is Cc1nc(C)c(C(=O)NC(=S)Nc2cccc(Oc3ccccc3)c2)s1. The van der Waals surface area contributed by atoms with Gasteiger partial charge in [-0.1, -0.05) is 24.3 Å². The molecule has 7 heteroatoms. The van der Waals surface area contributed by atoms with Gasteiger partial charge in [-0.15, -0.1) is 11.3 Å². The van der Waals surface area contributed by atoms with Crippen LogP contribution in [0.2, 0.25) is 0 Å². The Balaban J connectivity index is 1.63. The number of anilines is 1. The molecule has 0 bridgehead atoms. The molecule has 1 amide bonds. The van der Waals surface area contributed by atoms with Gasteiger partial charge in [-0.2, -0.15) is 0 Å². The first-order valence-corrected chi connectivity index (χ1v) is 9.13. The molecule has 0 atom stereocenters. The van der Waals surface area contributed by atoms with E-state index >= 15 is 0 Å². The van der Waals surface area contributed by atoms with Crippen molar-refractivity contribution in [1.29, 1.82) is 0 Å². The van der Waals surface area contributed by atoms with E-state index in [-0.39, 0.29) is 11.0 Å². The highest BCUT2D eigenvalue weighted by Gasteiger charge is 2.15. The van der Waals surface area contributed by atoms with Crippen LogP contribution in [0, 0.1) is 13.8 Å². The molecule has 0 aliphatic carbocycles. The average Bonchev–Trinajstić information content (AvgIpc) is 2.94. The Labute approximate surface area is 161 Å². The molecular weight excluding hydrogens is 366 g/mol. The van der Waals surface area contributed by atoms with Gasteiger partial charge in [-0.05, 0) is 50.3 Å². The third-order valence-corrected chi connectivity index (χ3v) is 4.68. The van der Waals surface area contributed by atoms with Crippen LogP contribution in [0.25, 0.3) is 0 Å². The first-order valence-electron chi connectivity index (χ1n) is 7.90. The van der Waals surface area contributed by atoms with Crippen molar-refractivity contribution in [3.63, 3.8) is 0 Å². The van der Waals surface area contributed by atoms with Crippen LogP contribution in [0.3, 0.4) is 0 Å². The van der Waals surface area contributed by atoms with Crippen LogP contribution >= 0.6 is 23.6 Å². The fourth-order valence-electron chi connectivity index (χ4n) is 2.33. The van der Waals surface area contributed by atoms with Crippen LogP contribution < -0.4 is 15.4 Å². The zero-order chi connectivity index (χ0) is 18.5. The quantitative estimate of drug-likeness (QED) is 0.641. The van der Waals surface area contributed by atoms with Crippen molar-refractivity contribution in [2.75, 3.05) is 5.32 Å². The molecule has 2 N–H and O–H groups in total. The molecule has 1 heterocycles. The topological polar surface area (TPSA) is 63.2 Å². The van der Waals surface area contributed by atoms with Crippen LogP contribution in [-0.2, 0) is 0 Å². The lowest BCUT2D eigenvalue weighted by Crippen LogP contribution is -2.34. The summed E-state index contributed by atoms with van der Waals surface area (Å²) in [6, 6.07) is 16.9. The van der Waals surface area contributed by atoms with Gasteiger partial charge in [0.05, 0.1) is 10.7 Å². The molecule has 26 heavy (non-hydrogen) atoms. The van der Waals surface area contributed by atoms with Gasteiger partial charge in [0.25, 0.3) is 5.91 Å². The number of benzene rings is 2. The Hall–Kier alpha value is -2.77. The van der Waals surface area contributed by atoms with Gasteiger partial charge in [0, 0.05) is 11.8 Å². The average molecular weight is 383 g/mol. The fourth-order valence-corrected chi connectivity index (χ4v) is 3.35. The molecule has 0 aliphatic rings. The number of aryl methyl sites for hydroxylation is 2. The van der Waals surface area contributed by atoms with Crippen LogP contribution in [0.4, 0.5) is 5.69 Å². The smallest absolute Gasteiger partial charge is 0.269 e. The lowest BCUT2D eigenvalue weighted by atomic mass is 10.3. The number of rotatable bonds is 4. The summed E-state index contributed by atoms with van der Waals surface area (Å²) in [5.74, 6) is 1.16. The Kier molecular flexibility index (Phi) is 5.60. The number of amides is 1. The Morgan fingerprint density at radius 3 is 2.50 bits per heavy atom. The molecule has 132 valence electrons. The summed E-state index contributed by atoms with van der Waals surface area (Å²) < 4.78 is 5.79. The van der Waals surface area contributed by atoms with E-state index in [0.29, 0.717) is 16.3 Å². The Morgan fingerprint density at radius 1 is 1.08 bits per heavy atom. The van der Waals surface area contributed by atoms with E-state index in [9.17, 15) is 4.79 Å². The molecule has 0 fully saturated rings. The van der Waals surface area contributed by atoms with Gasteiger partial charge in [-0.25, -0.2) is 4.98 Å². The number of carbonyl (C=O) groups is 1. The summed E-state index contributed by atoms with van der Waals surface area (Å²) in [6.45, 7) is 3.67. The largest absolute Gasteiger partial charge is 0.457 e. The third kappa shape index (κ3) is 4.65. The zero-order valence-corrected chi connectivity index (χ0v) is 15.9. The number of ether oxygens (including phenoxy) is 1. The number of hydrogen-bond acceptors (Lipinski definition) is 5. The molecule has 0 aliphatic heterocycles. The highest BCUT2D eigenvalue weighted by molar-refractivity contribution is 7.80.